The smallest absolute Gasteiger partial charge is 0.345 e. The first kappa shape index (κ1) is 16.2. The van der Waals surface area contributed by atoms with E-state index in [9.17, 15) is 22.4 Å². The van der Waals surface area contributed by atoms with Gasteiger partial charge in [0.15, 0.2) is 0 Å². The van der Waals surface area contributed by atoms with Gasteiger partial charge in [0, 0.05) is 24.7 Å². The molecule has 3 rings (SSSR count). The Bertz CT molecular complexity index is 558. The highest BCUT2D eigenvalue weighted by Crippen LogP contribution is 2.37. The van der Waals surface area contributed by atoms with E-state index in [4.69, 9.17) is 0 Å². The predicted octanol–water partition coefficient (Wildman–Crippen LogP) is 3.00. The summed E-state index contributed by atoms with van der Waals surface area (Å²) in [6.45, 7) is 0.662. The van der Waals surface area contributed by atoms with Crippen molar-refractivity contribution in [3.63, 3.8) is 0 Å². The van der Waals surface area contributed by atoms with Crippen molar-refractivity contribution in [1.82, 2.24) is 10.2 Å². The molecule has 2 saturated heterocycles. The number of hydrogen-bond donors (Lipinski definition) is 1. The molecule has 1 aromatic rings. The first-order valence-corrected chi connectivity index (χ1v) is 7.71. The Kier molecular flexibility index (Phi) is 4.31. The molecule has 0 radical (unpaired) electrons. The molecule has 7 heteroatoms. The van der Waals surface area contributed by atoms with E-state index >= 15 is 0 Å². The first-order valence-electron chi connectivity index (χ1n) is 7.71. The Labute approximate surface area is 131 Å². The third-order valence-corrected chi connectivity index (χ3v) is 4.76. The fourth-order valence-electron chi connectivity index (χ4n) is 3.72. The van der Waals surface area contributed by atoms with Crippen molar-refractivity contribution in [3.8, 4) is 0 Å². The van der Waals surface area contributed by atoms with Crippen molar-refractivity contribution in [3.05, 3.63) is 35.6 Å². The van der Waals surface area contributed by atoms with Crippen LogP contribution in [0.1, 0.15) is 31.2 Å². The van der Waals surface area contributed by atoms with Crippen LogP contribution >= 0.6 is 0 Å². The van der Waals surface area contributed by atoms with Crippen molar-refractivity contribution in [2.24, 2.45) is 0 Å². The highest BCUT2D eigenvalue weighted by atomic mass is 19.4. The number of alkyl halides is 3. The molecule has 0 aromatic heterocycles. The lowest BCUT2D eigenvalue weighted by molar-refractivity contribution is -0.174. The summed E-state index contributed by atoms with van der Waals surface area (Å²) < 4.78 is 50.0. The van der Waals surface area contributed by atoms with Gasteiger partial charge in [-0.3, -0.25) is 9.69 Å². The summed E-state index contributed by atoms with van der Waals surface area (Å²) in [6, 6.07) is 6.18. The van der Waals surface area contributed by atoms with Crippen LogP contribution in [0.4, 0.5) is 17.6 Å². The number of rotatable bonds is 3. The average Bonchev–Trinajstić information content (AvgIpc) is 2.70. The number of hydrogen-bond acceptors (Lipinski definition) is 2. The van der Waals surface area contributed by atoms with E-state index in [-0.39, 0.29) is 17.9 Å². The predicted molar refractivity (Wildman–Crippen MR) is 76.0 cm³/mol. The first-order chi connectivity index (χ1) is 10.8. The lowest BCUT2D eigenvalue weighted by atomic mass is 9.96. The third-order valence-electron chi connectivity index (χ3n) is 4.76. The molecule has 2 heterocycles. The van der Waals surface area contributed by atoms with Crippen LogP contribution in [-0.2, 0) is 11.3 Å². The number of nitrogens with zero attached hydrogens (tertiary/aromatic N) is 1. The molecule has 1 amide bonds. The van der Waals surface area contributed by atoms with E-state index in [1.807, 2.05) is 0 Å². The van der Waals surface area contributed by atoms with Gasteiger partial charge in [-0.15, -0.1) is 0 Å². The fourth-order valence-corrected chi connectivity index (χ4v) is 3.72. The molecule has 0 aliphatic carbocycles. The van der Waals surface area contributed by atoms with Crippen LogP contribution < -0.4 is 5.32 Å². The van der Waals surface area contributed by atoms with Gasteiger partial charge in [-0.1, -0.05) is 12.1 Å². The number of nitrogens with one attached hydrogen (secondary N) is 1. The van der Waals surface area contributed by atoms with Gasteiger partial charge in [-0.2, -0.15) is 13.2 Å². The molecule has 2 aliphatic rings. The molecule has 1 unspecified atom stereocenters. The number of benzene rings is 1. The second kappa shape index (κ2) is 6.11. The molecule has 1 aromatic carbocycles. The maximum absolute atomic E-state index is 13.0. The van der Waals surface area contributed by atoms with Crippen LogP contribution in [0.2, 0.25) is 0 Å². The molecule has 2 aliphatic heterocycles. The minimum atomic E-state index is -4.83. The van der Waals surface area contributed by atoms with E-state index in [2.05, 4.69) is 10.2 Å². The highest BCUT2D eigenvalue weighted by molar-refractivity contribution is 5.81. The minimum absolute atomic E-state index is 0.164. The van der Waals surface area contributed by atoms with Gasteiger partial charge < -0.3 is 5.32 Å². The Morgan fingerprint density at radius 1 is 1.13 bits per heavy atom. The maximum atomic E-state index is 13.0. The molecular weight excluding hydrogens is 312 g/mol. The van der Waals surface area contributed by atoms with E-state index in [1.54, 1.807) is 12.1 Å². The molecule has 0 spiro atoms. The normalized spacial score (nSPS) is 27.9. The molecule has 23 heavy (non-hydrogen) atoms. The second-order valence-electron chi connectivity index (χ2n) is 6.32. The van der Waals surface area contributed by atoms with Gasteiger partial charge in [-0.05, 0) is 43.4 Å². The number of amides is 1. The van der Waals surface area contributed by atoms with Crippen molar-refractivity contribution >= 4 is 5.91 Å². The summed E-state index contributed by atoms with van der Waals surface area (Å²) in [7, 11) is 0. The number of fused-ring (bicyclic) bond motifs is 2. The number of carbonyl (C=O) groups is 1. The summed E-state index contributed by atoms with van der Waals surface area (Å²) in [5.74, 6) is -2.14. The monoisotopic (exact) mass is 330 g/mol. The van der Waals surface area contributed by atoms with Gasteiger partial charge >= 0.3 is 12.1 Å². The zero-order valence-electron chi connectivity index (χ0n) is 12.4. The molecule has 3 nitrogen and oxygen atoms in total. The number of carbonyl (C=O) groups excluding carboxylic acids is 1. The molecule has 0 saturated carbocycles. The van der Waals surface area contributed by atoms with Gasteiger partial charge in [0.25, 0.3) is 0 Å². The van der Waals surface area contributed by atoms with Crippen molar-refractivity contribution in [2.45, 2.75) is 56.5 Å². The molecule has 1 N–H and O–H groups in total. The van der Waals surface area contributed by atoms with E-state index in [0.717, 1.165) is 18.4 Å². The summed E-state index contributed by atoms with van der Waals surface area (Å²) in [4.78, 5) is 13.4. The van der Waals surface area contributed by atoms with E-state index in [0.29, 0.717) is 19.4 Å². The van der Waals surface area contributed by atoms with Crippen LogP contribution in [0, 0.1) is 5.82 Å². The Hall–Kier alpha value is -1.63. The number of piperidine rings is 1. The standard InChI is InChI=1S/C16H18F4N2O/c17-11-3-1-10(2-4-11)9-22-13-5-6-14(22)8-12(7-13)21-15(23)16(18,19)20/h1-4,12-14H,5-9H2,(H,21,23)/t12?,13-,14+. The van der Waals surface area contributed by atoms with Gasteiger partial charge in [0.2, 0.25) is 0 Å². The zero-order chi connectivity index (χ0) is 16.6. The summed E-state index contributed by atoms with van der Waals surface area (Å²) in [5.41, 5.74) is 0.987. The largest absolute Gasteiger partial charge is 0.471 e. The van der Waals surface area contributed by atoms with Crippen LogP contribution in [0.25, 0.3) is 0 Å². The summed E-state index contributed by atoms with van der Waals surface area (Å²) in [6.07, 6.45) is -1.93. The van der Waals surface area contributed by atoms with Crippen LogP contribution in [-0.4, -0.2) is 35.1 Å². The molecular formula is C16H18F4N2O. The minimum Gasteiger partial charge on any atom is -0.345 e. The van der Waals surface area contributed by atoms with Crippen LogP contribution in [0.3, 0.4) is 0 Å². The third kappa shape index (κ3) is 3.65. The Morgan fingerprint density at radius 2 is 1.70 bits per heavy atom. The van der Waals surface area contributed by atoms with Crippen molar-refractivity contribution in [1.29, 1.82) is 0 Å². The lowest BCUT2D eigenvalue weighted by Gasteiger charge is -2.39. The SMILES string of the molecule is O=C(NC1C[C@H]2CC[C@@H](C1)N2Cc1ccc(F)cc1)C(F)(F)F. The van der Waals surface area contributed by atoms with Crippen molar-refractivity contribution < 1.29 is 22.4 Å². The maximum Gasteiger partial charge on any atom is 0.471 e. The van der Waals surface area contributed by atoms with Crippen LogP contribution in [0.15, 0.2) is 24.3 Å². The van der Waals surface area contributed by atoms with E-state index < -0.39 is 18.1 Å². The second-order valence-corrected chi connectivity index (χ2v) is 6.32. The molecule has 3 atom stereocenters. The highest BCUT2D eigenvalue weighted by Gasteiger charge is 2.44. The Morgan fingerprint density at radius 3 is 2.22 bits per heavy atom. The van der Waals surface area contributed by atoms with Crippen LogP contribution in [0.5, 0.6) is 0 Å². The Balaban J connectivity index is 1.61. The van der Waals surface area contributed by atoms with E-state index in [1.165, 1.54) is 12.1 Å². The zero-order valence-corrected chi connectivity index (χ0v) is 12.4. The average molecular weight is 330 g/mol. The van der Waals surface area contributed by atoms with Crippen molar-refractivity contribution in [2.75, 3.05) is 0 Å². The van der Waals surface area contributed by atoms with Gasteiger partial charge in [0.1, 0.15) is 5.82 Å². The van der Waals surface area contributed by atoms with Gasteiger partial charge in [0.05, 0.1) is 0 Å². The quantitative estimate of drug-likeness (QED) is 0.864. The molecule has 2 bridgehead atoms. The summed E-state index contributed by atoms with van der Waals surface area (Å²) in [5, 5.41) is 2.11. The molecule has 126 valence electrons. The lowest BCUT2D eigenvalue weighted by Crippen LogP contribution is -2.52. The van der Waals surface area contributed by atoms with Gasteiger partial charge in [-0.25, -0.2) is 4.39 Å². The topological polar surface area (TPSA) is 32.3 Å². The molecule has 2 fully saturated rings. The fraction of sp³-hybridized carbons (Fsp3) is 0.562. The number of halogens is 4. The summed E-state index contributed by atoms with van der Waals surface area (Å²) >= 11 is 0.